The van der Waals surface area contributed by atoms with E-state index in [0.717, 1.165) is 23.4 Å². The molecule has 0 spiro atoms. The second-order valence-corrected chi connectivity index (χ2v) is 10.3. The Balaban J connectivity index is 1.65. The Morgan fingerprint density at radius 1 is 1.40 bits per heavy atom. The maximum absolute atomic E-state index is 12.6. The van der Waals surface area contributed by atoms with Crippen LogP contribution in [-0.4, -0.2) is 66.2 Å². The lowest BCUT2D eigenvalue weighted by atomic mass is 9.99. The van der Waals surface area contributed by atoms with Crippen LogP contribution in [0.15, 0.2) is 23.5 Å². The van der Waals surface area contributed by atoms with Crippen molar-refractivity contribution in [2.24, 2.45) is 5.10 Å². The number of anilines is 2. The van der Waals surface area contributed by atoms with Gasteiger partial charge >= 0.3 is 6.09 Å². The van der Waals surface area contributed by atoms with Crippen molar-refractivity contribution >= 4 is 35.3 Å². The maximum Gasteiger partial charge on any atom is 0.410 e. The zero-order valence-corrected chi connectivity index (χ0v) is 21.3. The molecule has 1 aromatic carbocycles. The fraction of sp³-hybridized carbons (Fsp3) is 0.560. The van der Waals surface area contributed by atoms with Crippen LogP contribution in [0.2, 0.25) is 0 Å². The number of nitrogens with zero attached hydrogens (tertiary/aromatic N) is 3. The molecule has 0 unspecified atom stereocenters. The molecule has 0 aromatic heterocycles. The monoisotopic (exact) mass is 485 g/mol. The second-order valence-electron chi connectivity index (χ2n) is 10.3. The van der Waals surface area contributed by atoms with Crippen molar-refractivity contribution in [2.75, 3.05) is 36.5 Å². The van der Waals surface area contributed by atoms with Gasteiger partial charge < -0.3 is 29.3 Å². The van der Waals surface area contributed by atoms with Crippen LogP contribution < -0.4 is 20.4 Å². The van der Waals surface area contributed by atoms with E-state index in [0.29, 0.717) is 31.3 Å². The molecule has 3 heterocycles. The van der Waals surface area contributed by atoms with Gasteiger partial charge in [0.2, 0.25) is 0 Å². The number of nitrogens with one attached hydrogen (secondary N) is 2. The quantitative estimate of drug-likeness (QED) is 0.615. The lowest BCUT2D eigenvalue weighted by Crippen LogP contribution is -2.55. The summed E-state index contributed by atoms with van der Waals surface area (Å²) in [5.41, 5.74) is 4.11. The van der Waals surface area contributed by atoms with Gasteiger partial charge in [-0.25, -0.2) is 10.2 Å². The maximum atomic E-state index is 12.6. The summed E-state index contributed by atoms with van der Waals surface area (Å²) in [7, 11) is 0. The molecule has 2 amide bonds. The van der Waals surface area contributed by atoms with Crippen molar-refractivity contribution in [2.45, 2.75) is 65.1 Å². The number of amides is 2. The van der Waals surface area contributed by atoms with Crippen LogP contribution in [0.25, 0.3) is 6.08 Å². The first-order chi connectivity index (χ1) is 16.5. The van der Waals surface area contributed by atoms with Gasteiger partial charge in [-0.3, -0.25) is 4.79 Å². The third-order valence-electron chi connectivity index (χ3n) is 6.16. The summed E-state index contributed by atoms with van der Waals surface area (Å²) in [6, 6.07) is 3.49. The summed E-state index contributed by atoms with van der Waals surface area (Å²) in [5, 5.41) is 7.83. The highest BCUT2D eigenvalue weighted by Gasteiger charge is 2.39. The number of hydrogen-bond donors (Lipinski definition) is 2. The van der Waals surface area contributed by atoms with Crippen molar-refractivity contribution in [1.29, 1.82) is 0 Å². The Morgan fingerprint density at radius 2 is 2.17 bits per heavy atom. The standard InChI is InChI=1S/C25H35N5O5/c1-7-33-11-8-17-12-20-19(30-16(2)22(31)28-27-21(30)14-34-20)13-18(17)26-25(6)9-10-29(15-25)23(32)35-24(3,4)5/h8,11-13,16,26H,7,9-10,14-15H2,1-6H3,(H,28,31)/b11-8+/t16-,25-/m0/s1. The number of rotatable bonds is 5. The highest BCUT2D eigenvalue weighted by Crippen LogP contribution is 2.41. The predicted molar refractivity (Wildman–Crippen MR) is 135 cm³/mol. The highest BCUT2D eigenvalue weighted by atomic mass is 16.6. The van der Waals surface area contributed by atoms with Crippen LogP contribution >= 0.6 is 0 Å². The minimum atomic E-state index is -0.546. The molecule has 35 heavy (non-hydrogen) atoms. The van der Waals surface area contributed by atoms with Crippen molar-refractivity contribution < 1.29 is 23.8 Å². The number of fused-ring (bicyclic) bond motifs is 3. The lowest BCUT2D eigenvalue weighted by Gasteiger charge is -2.39. The van der Waals surface area contributed by atoms with Gasteiger partial charge in [0.1, 0.15) is 24.0 Å². The van der Waals surface area contributed by atoms with Gasteiger partial charge in [-0.1, -0.05) is 0 Å². The van der Waals surface area contributed by atoms with E-state index in [2.05, 4.69) is 22.8 Å². The number of ether oxygens (including phenoxy) is 3. The van der Waals surface area contributed by atoms with E-state index in [1.807, 2.05) is 57.7 Å². The molecular weight excluding hydrogens is 450 g/mol. The molecule has 0 bridgehead atoms. The van der Waals surface area contributed by atoms with Gasteiger partial charge in [-0.2, -0.15) is 5.10 Å². The summed E-state index contributed by atoms with van der Waals surface area (Å²) in [4.78, 5) is 28.6. The number of carbonyl (C=O) groups is 2. The summed E-state index contributed by atoms with van der Waals surface area (Å²) in [6.45, 7) is 13.4. The molecule has 0 radical (unpaired) electrons. The number of likely N-dealkylation sites (tertiary alicyclic amines) is 1. The van der Waals surface area contributed by atoms with E-state index in [4.69, 9.17) is 14.2 Å². The SMILES string of the molecule is CCO/C=C/c1cc2c(cc1N[C@@]1(C)CCN(C(=O)OC(C)(C)C)C1)N1C(=NNC(=O)[C@@H]1C)CO2. The molecule has 1 aromatic rings. The van der Waals surface area contributed by atoms with Crippen LogP contribution in [0.1, 0.15) is 53.5 Å². The van der Waals surface area contributed by atoms with E-state index < -0.39 is 11.6 Å². The molecule has 1 saturated heterocycles. The minimum Gasteiger partial charge on any atom is -0.501 e. The number of hydrogen-bond acceptors (Lipinski definition) is 8. The van der Waals surface area contributed by atoms with E-state index in [1.165, 1.54) is 0 Å². The first kappa shape index (κ1) is 24.7. The van der Waals surface area contributed by atoms with E-state index >= 15 is 0 Å². The first-order valence-electron chi connectivity index (χ1n) is 12.0. The largest absolute Gasteiger partial charge is 0.501 e. The fourth-order valence-electron chi connectivity index (χ4n) is 4.42. The molecule has 2 atom stereocenters. The number of hydrazone groups is 1. The summed E-state index contributed by atoms with van der Waals surface area (Å²) in [5.74, 6) is 1.14. The average Bonchev–Trinajstić information content (AvgIpc) is 3.17. The normalized spacial score (nSPS) is 23.8. The van der Waals surface area contributed by atoms with Gasteiger partial charge in [0.25, 0.3) is 5.91 Å². The molecule has 2 N–H and O–H groups in total. The van der Waals surface area contributed by atoms with Crippen LogP contribution in [0.5, 0.6) is 5.75 Å². The van der Waals surface area contributed by atoms with Crippen LogP contribution in [0.3, 0.4) is 0 Å². The molecule has 0 aliphatic carbocycles. The Labute approximate surface area is 206 Å². The molecule has 4 rings (SSSR count). The highest BCUT2D eigenvalue weighted by molar-refractivity contribution is 6.09. The van der Waals surface area contributed by atoms with Crippen LogP contribution in [-0.2, 0) is 14.3 Å². The summed E-state index contributed by atoms with van der Waals surface area (Å²) >= 11 is 0. The third kappa shape index (κ3) is 5.31. The Bertz CT molecular complexity index is 1060. The smallest absolute Gasteiger partial charge is 0.410 e. The molecular formula is C25H35N5O5. The van der Waals surface area contributed by atoms with Gasteiger partial charge in [0.05, 0.1) is 24.1 Å². The Morgan fingerprint density at radius 3 is 2.89 bits per heavy atom. The minimum absolute atomic E-state index is 0.174. The first-order valence-corrected chi connectivity index (χ1v) is 12.0. The number of amidine groups is 1. The van der Waals surface area contributed by atoms with Crippen molar-refractivity contribution in [3.05, 3.63) is 24.0 Å². The van der Waals surface area contributed by atoms with Crippen LogP contribution in [0.4, 0.5) is 16.2 Å². The number of benzene rings is 1. The lowest BCUT2D eigenvalue weighted by molar-refractivity contribution is -0.122. The second kappa shape index (κ2) is 9.31. The van der Waals surface area contributed by atoms with E-state index in [9.17, 15) is 9.59 Å². The van der Waals surface area contributed by atoms with E-state index in [1.54, 1.807) is 11.2 Å². The summed E-state index contributed by atoms with van der Waals surface area (Å²) < 4.78 is 17.0. The molecule has 3 aliphatic rings. The molecule has 190 valence electrons. The van der Waals surface area contributed by atoms with Gasteiger partial charge in [-0.15, -0.1) is 0 Å². The molecule has 10 heteroatoms. The van der Waals surface area contributed by atoms with Crippen LogP contribution in [0, 0.1) is 0 Å². The Hall–Kier alpha value is -3.43. The summed E-state index contributed by atoms with van der Waals surface area (Å²) in [6.07, 6.45) is 3.98. The zero-order chi connectivity index (χ0) is 25.4. The molecule has 1 fully saturated rings. The van der Waals surface area contributed by atoms with Crippen molar-refractivity contribution in [3.63, 3.8) is 0 Å². The third-order valence-corrected chi connectivity index (χ3v) is 6.16. The topological polar surface area (TPSA) is 105 Å². The molecule has 0 saturated carbocycles. The molecule has 3 aliphatic heterocycles. The zero-order valence-electron chi connectivity index (χ0n) is 21.3. The number of carbonyl (C=O) groups excluding carboxylic acids is 2. The van der Waals surface area contributed by atoms with Gasteiger partial charge in [0.15, 0.2) is 5.84 Å². The van der Waals surface area contributed by atoms with E-state index in [-0.39, 0.29) is 24.1 Å². The Kier molecular flexibility index (Phi) is 6.57. The van der Waals surface area contributed by atoms with Gasteiger partial charge in [0, 0.05) is 24.3 Å². The predicted octanol–water partition coefficient (Wildman–Crippen LogP) is 3.54. The molecule has 10 nitrogen and oxygen atoms in total. The fourth-order valence-corrected chi connectivity index (χ4v) is 4.42. The van der Waals surface area contributed by atoms with Crippen molar-refractivity contribution in [1.82, 2.24) is 10.3 Å². The average molecular weight is 486 g/mol. The van der Waals surface area contributed by atoms with Gasteiger partial charge in [-0.05, 0) is 66.2 Å². The van der Waals surface area contributed by atoms with Crippen molar-refractivity contribution in [3.8, 4) is 5.75 Å².